The van der Waals surface area contributed by atoms with Crippen LogP contribution in [0.25, 0.3) is 0 Å². The summed E-state index contributed by atoms with van der Waals surface area (Å²) in [5.74, 6) is 1.03. The van der Waals surface area contributed by atoms with Crippen LogP contribution in [-0.2, 0) is 0 Å². The van der Waals surface area contributed by atoms with Gasteiger partial charge in [0.1, 0.15) is 0 Å². The van der Waals surface area contributed by atoms with Crippen LogP contribution < -0.4 is 0 Å². The van der Waals surface area contributed by atoms with Crippen molar-refractivity contribution in [2.45, 2.75) is 6.92 Å². The van der Waals surface area contributed by atoms with E-state index < -0.39 is 0 Å². The molecule has 0 N–H and O–H groups in total. The monoisotopic (exact) mass is 248 g/mol. The first-order chi connectivity index (χ1) is 8.20. The van der Waals surface area contributed by atoms with Crippen LogP contribution in [0.4, 0.5) is 0 Å². The number of hydrogen-bond donors (Lipinski definition) is 0. The third-order valence-electron chi connectivity index (χ3n) is 3.01. The summed E-state index contributed by atoms with van der Waals surface area (Å²) >= 11 is 1.66. The van der Waals surface area contributed by atoms with Crippen molar-refractivity contribution in [2.24, 2.45) is 4.99 Å². The molecule has 0 saturated carbocycles. The van der Waals surface area contributed by atoms with E-state index in [1.165, 1.54) is 11.3 Å². The Hall–Kier alpha value is -1.41. The van der Waals surface area contributed by atoms with Crippen LogP contribution in [0.1, 0.15) is 6.92 Å². The summed E-state index contributed by atoms with van der Waals surface area (Å²) in [6.45, 7) is 4.93. The van der Waals surface area contributed by atoms with Gasteiger partial charge in [0.25, 0.3) is 0 Å². The summed E-state index contributed by atoms with van der Waals surface area (Å²) in [6.07, 6.45) is 6.20. The molecular formula is C12H16N4S. The summed E-state index contributed by atoms with van der Waals surface area (Å²) in [7, 11) is 2.10. The van der Waals surface area contributed by atoms with Crippen molar-refractivity contribution >= 4 is 16.9 Å². The van der Waals surface area contributed by atoms with Crippen LogP contribution in [0.3, 0.4) is 0 Å². The predicted octanol–water partition coefficient (Wildman–Crippen LogP) is 1.65. The zero-order valence-electron chi connectivity index (χ0n) is 10.2. The van der Waals surface area contributed by atoms with Gasteiger partial charge in [0, 0.05) is 38.1 Å². The summed E-state index contributed by atoms with van der Waals surface area (Å²) in [5.41, 5.74) is 2.65. The number of aliphatic imine (C=N–C) groups is 1. The zero-order chi connectivity index (χ0) is 12.3. The molecule has 0 amide bonds. The number of nitrogens with zero attached hydrogens (tertiary/aromatic N) is 4. The van der Waals surface area contributed by atoms with Crippen molar-refractivity contribution in [1.82, 2.24) is 9.80 Å². The molecule has 0 aromatic rings. The molecule has 5 heteroatoms. The minimum atomic E-state index is 0.863. The van der Waals surface area contributed by atoms with Crippen molar-refractivity contribution in [1.29, 1.82) is 5.26 Å². The number of thioether (sulfide) groups is 1. The van der Waals surface area contributed by atoms with Crippen LogP contribution in [-0.4, -0.2) is 47.4 Å². The molecule has 1 fully saturated rings. The molecule has 0 aliphatic carbocycles. The van der Waals surface area contributed by atoms with Crippen molar-refractivity contribution in [3.63, 3.8) is 0 Å². The Kier molecular flexibility index (Phi) is 3.75. The van der Waals surface area contributed by atoms with Crippen LogP contribution in [0, 0.1) is 11.5 Å². The summed E-state index contributed by atoms with van der Waals surface area (Å²) in [5, 5.41) is 9.48. The molecule has 0 radical (unpaired) electrons. The first kappa shape index (κ1) is 12.1. The van der Waals surface area contributed by atoms with E-state index in [0.29, 0.717) is 0 Å². The van der Waals surface area contributed by atoms with E-state index in [1.807, 2.05) is 6.19 Å². The molecule has 0 aromatic carbocycles. The van der Waals surface area contributed by atoms with Gasteiger partial charge in [0.15, 0.2) is 5.17 Å². The molecule has 0 aromatic heterocycles. The molecule has 0 atom stereocenters. The minimum absolute atomic E-state index is 0.863. The van der Waals surface area contributed by atoms with Gasteiger partial charge in [-0.2, -0.15) is 5.26 Å². The lowest BCUT2D eigenvalue weighted by atomic mass is 10.1. The molecule has 1 saturated heterocycles. The Morgan fingerprint density at radius 2 is 2.35 bits per heavy atom. The summed E-state index contributed by atoms with van der Waals surface area (Å²) in [4.78, 5) is 8.28. The van der Waals surface area contributed by atoms with E-state index in [1.54, 1.807) is 11.8 Å². The van der Waals surface area contributed by atoms with Gasteiger partial charge in [-0.1, -0.05) is 17.8 Å². The van der Waals surface area contributed by atoms with E-state index in [2.05, 4.69) is 40.9 Å². The van der Waals surface area contributed by atoms with E-state index in [4.69, 9.17) is 5.26 Å². The van der Waals surface area contributed by atoms with Crippen molar-refractivity contribution < 1.29 is 0 Å². The quantitative estimate of drug-likeness (QED) is 0.697. The van der Waals surface area contributed by atoms with Gasteiger partial charge in [0.2, 0.25) is 6.19 Å². The Bertz CT molecular complexity index is 430. The van der Waals surface area contributed by atoms with Crippen molar-refractivity contribution in [3.8, 4) is 6.19 Å². The fraction of sp³-hybridized carbons (Fsp3) is 0.500. The number of rotatable bonds is 2. The van der Waals surface area contributed by atoms with Crippen LogP contribution >= 0.6 is 11.8 Å². The Morgan fingerprint density at radius 3 is 3.06 bits per heavy atom. The first-order valence-corrected chi connectivity index (χ1v) is 6.61. The lowest BCUT2D eigenvalue weighted by molar-refractivity contribution is 0.417. The smallest absolute Gasteiger partial charge is 0.208 e. The van der Waals surface area contributed by atoms with Crippen LogP contribution in [0.2, 0.25) is 0 Å². The van der Waals surface area contributed by atoms with Gasteiger partial charge in [-0.3, -0.25) is 0 Å². The molecule has 90 valence electrons. The Balaban J connectivity index is 2.03. The van der Waals surface area contributed by atoms with Gasteiger partial charge in [-0.05, 0) is 18.6 Å². The summed E-state index contributed by atoms with van der Waals surface area (Å²) < 4.78 is 0. The SMILES string of the molecule is CC1=CC=C(CN2CCSC2=NC#N)CN1C. The maximum absolute atomic E-state index is 8.62. The Labute approximate surface area is 106 Å². The molecule has 2 heterocycles. The number of allylic oxidation sites excluding steroid dienone is 3. The highest BCUT2D eigenvalue weighted by Gasteiger charge is 2.21. The number of hydrogen-bond acceptors (Lipinski definition) is 4. The zero-order valence-corrected chi connectivity index (χ0v) is 11.0. The molecule has 0 bridgehead atoms. The average Bonchev–Trinajstić information content (AvgIpc) is 2.72. The number of likely N-dealkylation sites (N-methyl/N-ethyl adjacent to an activating group) is 1. The van der Waals surface area contributed by atoms with Crippen LogP contribution in [0.15, 0.2) is 28.4 Å². The fourth-order valence-electron chi connectivity index (χ4n) is 1.92. The molecule has 2 rings (SSSR count). The van der Waals surface area contributed by atoms with Gasteiger partial charge in [-0.15, -0.1) is 4.99 Å². The molecule has 2 aliphatic rings. The lowest BCUT2D eigenvalue weighted by Gasteiger charge is -2.27. The third-order valence-corrected chi connectivity index (χ3v) is 4.00. The minimum Gasteiger partial charge on any atom is -0.374 e. The van der Waals surface area contributed by atoms with Crippen LogP contribution in [0.5, 0.6) is 0 Å². The molecule has 0 spiro atoms. The van der Waals surface area contributed by atoms with Gasteiger partial charge >= 0.3 is 0 Å². The predicted molar refractivity (Wildman–Crippen MR) is 71.5 cm³/mol. The molecule has 0 unspecified atom stereocenters. The third kappa shape index (κ3) is 2.83. The van der Waals surface area contributed by atoms with Crippen molar-refractivity contribution in [2.75, 3.05) is 32.4 Å². The second-order valence-electron chi connectivity index (χ2n) is 4.25. The second-order valence-corrected chi connectivity index (χ2v) is 5.32. The molecular weight excluding hydrogens is 232 g/mol. The maximum atomic E-state index is 8.62. The molecule has 4 nitrogen and oxygen atoms in total. The topological polar surface area (TPSA) is 42.6 Å². The standard InChI is InChI=1S/C12H16N4S/c1-10-3-4-11(7-15(10)2)8-16-5-6-17-12(16)14-9-13/h3-4H,5-8H2,1-2H3. The first-order valence-electron chi connectivity index (χ1n) is 5.62. The largest absolute Gasteiger partial charge is 0.374 e. The normalized spacial score (nSPS) is 22.5. The molecule has 17 heavy (non-hydrogen) atoms. The van der Waals surface area contributed by atoms with Gasteiger partial charge in [-0.25, -0.2) is 0 Å². The highest BCUT2D eigenvalue weighted by molar-refractivity contribution is 8.14. The Morgan fingerprint density at radius 1 is 1.53 bits per heavy atom. The highest BCUT2D eigenvalue weighted by atomic mass is 32.2. The number of nitriles is 1. The summed E-state index contributed by atoms with van der Waals surface area (Å²) in [6, 6.07) is 0. The lowest BCUT2D eigenvalue weighted by Crippen LogP contribution is -2.31. The average molecular weight is 248 g/mol. The number of amidine groups is 1. The van der Waals surface area contributed by atoms with E-state index >= 15 is 0 Å². The van der Waals surface area contributed by atoms with E-state index in [0.717, 1.165) is 30.6 Å². The van der Waals surface area contributed by atoms with Gasteiger partial charge in [0.05, 0.1) is 0 Å². The maximum Gasteiger partial charge on any atom is 0.208 e. The fourth-order valence-corrected chi connectivity index (χ4v) is 2.86. The van der Waals surface area contributed by atoms with E-state index in [9.17, 15) is 0 Å². The van der Waals surface area contributed by atoms with Crippen molar-refractivity contribution in [3.05, 3.63) is 23.4 Å². The van der Waals surface area contributed by atoms with E-state index in [-0.39, 0.29) is 0 Å². The highest BCUT2D eigenvalue weighted by Crippen LogP contribution is 2.21. The second kappa shape index (κ2) is 5.28. The molecule has 2 aliphatic heterocycles. The van der Waals surface area contributed by atoms with Gasteiger partial charge < -0.3 is 9.80 Å².